The predicted molar refractivity (Wildman–Crippen MR) is 103 cm³/mol. The zero-order chi connectivity index (χ0) is 16.3. The summed E-state index contributed by atoms with van der Waals surface area (Å²) in [6.45, 7) is 2.08. The third-order valence-corrected chi connectivity index (χ3v) is 12.3. The molecule has 0 bridgehead atoms. The van der Waals surface area contributed by atoms with Gasteiger partial charge in [0.25, 0.3) is 0 Å². The molecule has 0 amide bonds. The minimum absolute atomic E-state index is 0.0263. The Balaban J connectivity index is 1.94. The molecule has 1 aromatic rings. The minimum atomic E-state index is -3.73. The van der Waals surface area contributed by atoms with E-state index in [0.29, 0.717) is 5.71 Å². The van der Waals surface area contributed by atoms with E-state index in [4.69, 9.17) is 0 Å². The van der Waals surface area contributed by atoms with E-state index in [-0.39, 0.29) is 8.95 Å². The summed E-state index contributed by atoms with van der Waals surface area (Å²) >= 11 is -1.22. The van der Waals surface area contributed by atoms with Crippen molar-refractivity contribution in [2.45, 2.75) is 35.1 Å². The average molecular weight is 444 g/mol. The van der Waals surface area contributed by atoms with Gasteiger partial charge in [0.15, 0.2) is 0 Å². The summed E-state index contributed by atoms with van der Waals surface area (Å²) in [6.07, 6.45) is 11.5. The van der Waals surface area contributed by atoms with E-state index in [1.54, 1.807) is 12.1 Å². The van der Waals surface area contributed by atoms with E-state index < -0.39 is 29.8 Å². The van der Waals surface area contributed by atoms with E-state index in [9.17, 15) is 8.42 Å². The number of hydrogen-bond donors (Lipinski definition) is 0. The van der Waals surface area contributed by atoms with E-state index >= 15 is 0 Å². The summed E-state index contributed by atoms with van der Waals surface area (Å²) in [4.78, 5) is 3.95. The number of hydrogen-bond acceptors (Lipinski definition) is 3. The molecule has 4 nitrogen and oxygen atoms in total. The van der Waals surface area contributed by atoms with Crippen molar-refractivity contribution in [2.24, 2.45) is 4.40 Å². The number of alkyl halides is 3. The number of aromatic nitrogens is 1. The van der Waals surface area contributed by atoms with Gasteiger partial charge in [-0.05, 0) is 0 Å². The predicted octanol–water partition coefficient (Wildman–Crippen LogP) is 3.79. The van der Waals surface area contributed by atoms with Crippen LogP contribution in [0.5, 0.6) is 0 Å². The summed E-state index contributed by atoms with van der Waals surface area (Å²) in [5.41, 5.74) is 1.93. The van der Waals surface area contributed by atoms with Crippen LogP contribution >= 0.6 is 19.8 Å². The molecule has 1 unspecified atom stereocenters. The molecule has 1 aliphatic carbocycles. The summed E-state index contributed by atoms with van der Waals surface area (Å²) in [5, 5.41) is 0.0263. The molecular formula is C17H21IN2O2S. The fraction of sp³-hybridized carbons (Fsp3) is 0.412. The van der Waals surface area contributed by atoms with Crippen LogP contribution in [-0.2, 0) is 10.0 Å². The van der Waals surface area contributed by atoms with Crippen LogP contribution in [0.4, 0.5) is 0 Å². The maximum absolute atomic E-state index is 12.5. The molecule has 0 N–H and O–H groups in total. The van der Waals surface area contributed by atoms with Gasteiger partial charge < -0.3 is 0 Å². The Morgan fingerprint density at radius 3 is 2.65 bits per heavy atom. The van der Waals surface area contributed by atoms with Crippen molar-refractivity contribution in [1.29, 1.82) is 0 Å². The van der Waals surface area contributed by atoms with Crippen molar-refractivity contribution in [3.05, 3.63) is 48.2 Å². The molecule has 23 heavy (non-hydrogen) atoms. The van der Waals surface area contributed by atoms with Gasteiger partial charge in [0.05, 0.1) is 0 Å². The summed E-state index contributed by atoms with van der Waals surface area (Å²) in [7, 11) is -3.73. The fourth-order valence-electron chi connectivity index (χ4n) is 2.73. The third-order valence-electron chi connectivity index (χ3n) is 3.92. The van der Waals surface area contributed by atoms with Crippen molar-refractivity contribution in [3.63, 3.8) is 0 Å². The van der Waals surface area contributed by atoms with Crippen LogP contribution in [-0.4, -0.2) is 31.9 Å². The van der Waals surface area contributed by atoms with Crippen LogP contribution < -0.4 is 0 Å². The second-order valence-electron chi connectivity index (χ2n) is 5.74. The molecule has 1 aliphatic heterocycles. The Bertz CT molecular complexity index is 748. The molecule has 0 saturated carbocycles. The van der Waals surface area contributed by atoms with Gasteiger partial charge in [0.2, 0.25) is 0 Å². The number of nitrogens with zero attached hydrogens (tertiary/aromatic N) is 2. The molecule has 0 radical (unpaired) electrons. The Labute approximate surface area is 145 Å². The average Bonchev–Trinajstić information content (AvgIpc) is 2.58. The first-order chi connectivity index (χ1) is 11.1. The molecule has 1 saturated heterocycles. The topological polar surface area (TPSA) is 59.4 Å². The van der Waals surface area contributed by atoms with E-state index in [0.717, 1.165) is 0 Å². The quantitative estimate of drug-likeness (QED) is 0.527. The first-order valence-corrected chi connectivity index (χ1v) is 13.5. The van der Waals surface area contributed by atoms with Crippen LogP contribution in [0.25, 0.3) is 0 Å². The van der Waals surface area contributed by atoms with Gasteiger partial charge in [0.1, 0.15) is 0 Å². The monoisotopic (exact) mass is 444 g/mol. The molecule has 0 aromatic carbocycles. The molecule has 124 valence electrons. The number of allylic oxidation sites excluding steroid dienone is 4. The molecule has 1 atom stereocenters. The van der Waals surface area contributed by atoms with E-state index in [2.05, 4.69) is 22.4 Å². The zero-order valence-corrected chi connectivity index (χ0v) is 16.1. The van der Waals surface area contributed by atoms with Crippen LogP contribution in [0, 0.1) is 0 Å². The second-order valence-corrected chi connectivity index (χ2v) is 13.6. The fourth-order valence-corrected chi connectivity index (χ4v) is 11.2. The summed E-state index contributed by atoms with van der Waals surface area (Å²) < 4.78 is 32.1. The SMILES string of the molecule is CC1=CC(I2CCCCC2)C(=NS(=O)(=O)c2ccccn2)C=C1. The second kappa shape index (κ2) is 7.25. The first-order valence-electron chi connectivity index (χ1n) is 7.79. The maximum atomic E-state index is 12.5. The van der Waals surface area contributed by atoms with Crippen molar-refractivity contribution in [1.82, 2.24) is 4.98 Å². The standard InChI is InChI=1S/C17H21IN2O2S/c1-14-8-9-16(15(13-14)18-10-4-2-5-11-18)20-23(21,22)17-7-3-6-12-19-17/h3,6-9,12-13,15H,2,4-5,10-11H2,1H3. The van der Waals surface area contributed by atoms with Gasteiger partial charge in [-0.1, -0.05) is 0 Å². The van der Waals surface area contributed by atoms with Crippen molar-refractivity contribution in [3.8, 4) is 0 Å². The Hall–Kier alpha value is -1.02. The van der Waals surface area contributed by atoms with E-state index in [1.807, 2.05) is 12.2 Å². The van der Waals surface area contributed by atoms with Gasteiger partial charge >= 0.3 is 146 Å². The number of rotatable bonds is 3. The van der Waals surface area contributed by atoms with Crippen LogP contribution in [0.3, 0.4) is 0 Å². The third kappa shape index (κ3) is 4.09. The van der Waals surface area contributed by atoms with Gasteiger partial charge in [0, 0.05) is 0 Å². The van der Waals surface area contributed by atoms with Gasteiger partial charge in [-0.2, -0.15) is 0 Å². The molecule has 1 fully saturated rings. The number of pyridine rings is 1. The molecule has 0 spiro atoms. The van der Waals surface area contributed by atoms with Crippen molar-refractivity contribution >= 4 is 35.6 Å². The van der Waals surface area contributed by atoms with Crippen molar-refractivity contribution in [2.75, 3.05) is 8.86 Å². The van der Waals surface area contributed by atoms with Gasteiger partial charge in [-0.3, -0.25) is 0 Å². The zero-order valence-electron chi connectivity index (χ0n) is 13.2. The first kappa shape index (κ1) is 16.8. The molecule has 3 rings (SSSR count). The van der Waals surface area contributed by atoms with E-state index in [1.165, 1.54) is 46.0 Å². The van der Waals surface area contributed by atoms with Crippen LogP contribution in [0.15, 0.2) is 57.6 Å². The van der Waals surface area contributed by atoms with Crippen LogP contribution in [0.1, 0.15) is 26.2 Å². The normalized spacial score (nSPS) is 25.4. The Morgan fingerprint density at radius 1 is 1.17 bits per heavy atom. The number of sulfonamides is 1. The van der Waals surface area contributed by atoms with Crippen molar-refractivity contribution < 1.29 is 8.42 Å². The Kier molecular flexibility index (Phi) is 5.31. The van der Waals surface area contributed by atoms with Gasteiger partial charge in [-0.15, -0.1) is 0 Å². The van der Waals surface area contributed by atoms with Crippen LogP contribution in [0.2, 0.25) is 0 Å². The Morgan fingerprint density at radius 2 is 1.96 bits per heavy atom. The molecule has 6 heteroatoms. The summed E-state index contributed by atoms with van der Waals surface area (Å²) in [5.74, 6) is 0. The summed E-state index contributed by atoms with van der Waals surface area (Å²) in [6, 6.07) is 4.88. The molecule has 2 heterocycles. The molecular weight excluding hydrogens is 423 g/mol. The van der Waals surface area contributed by atoms with Gasteiger partial charge in [-0.25, -0.2) is 0 Å². The number of halogens is 1. The molecule has 1 aromatic heterocycles. The molecule has 2 aliphatic rings.